The number of benzene rings is 1. The van der Waals surface area contributed by atoms with Crippen LogP contribution in [-0.4, -0.2) is 16.9 Å². The van der Waals surface area contributed by atoms with Crippen LogP contribution < -0.4 is 5.32 Å². The third-order valence-electron chi connectivity index (χ3n) is 4.26. The molecule has 0 radical (unpaired) electrons. The number of rotatable bonds is 2. The molecule has 1 aliphatic rings. The second-order valence-electron chi connectivity index (χ2n) is 5.76. The van der Waals surface area contributed by atoms with Gasteiger partial charge in [-0.1, -0.05) is 37.4 Å². The van der Waals surface area contributed by atoms with Gasteiger partial charge in [0.2, 0.25) is 0 Å². The molecule has 20 heavy (non-hydrogen) atoms. The molecule has 2 aromatic rings. The zero-order chi connectivity index (χ0) is 14.1. The molecular formula is C16H19ClN2O. The van der Waals surface area contributed by atoms with E-state index in [9.17, 15) is 4.79 Å². The zero-order valence-corrected chi connectivity index (χ0v) is 12.3. The van der Waals surface area contributed by atoms with E-state index in [1.807, 2.05) is 24.3 Å². The fraction of sp³-hybridized carbons (Fsp3) is 0.438. The second kappa shape index (κ2) is 5.49. The molecule has 3 nitrogen and oxygen atoms in total. The smallest absolute Gasteiger partial charge is 0.267 e. The highest BCUT2D eigenvalue weighted by Gasteiger charge is 2.23. The molecule has 4 heteroatoms. The fourth-order valence-corrected chi connectivity index (χ4v) is 3.17. The van der Waals surface area contributed by atoms with Gasteiger partial charge in [0.1, 0.15) is 5.69 Å². The van der Waals surface area contributed by atoms with Crippen LogP contribution in [0.2, 0.25) is 5.02 Å². The number of aromatic nitrogens is 1. The first-order valence-electron chi connectivity index (χ1n) is 7.22. The lowest BCUT2D eigenvalue weighted by Crippen LogP contribution is -2.41. The maximum atomic E-state index is 12.3. The first-order valence-corrected chi connectivity index (χ1v) is 7.60. The van der Waals surface area contributed by atoms with Crippen LogP contribution in [0.4, 0.5) is 0 Å². The number of halogens is 1. The van der Waals surface area contributed by atoms with Crippen LogP contribution in [0.25, 0.3) is 10.9 Å². The molecule has 1 saturated carbocycles. The van der Waals surface area contributed by atoms with Crippen LogP contribution in [-0.2, 0) is 0 Å². The van der Waals surface area contributed by atoms with Crippen molar-refractivity contribution in [3.8, 4) is 0 Å². The number of amides is 1. The SMILES string of the molecule is C[C@H]1CCCC[C@H]1NC(=O)c1cc2ccc(Cl)cc2[nH]1. The molecule has 106 valence electrons. The molecule has 1 heterocycles. The highest BCUT2D eigenvalue weighted by atomic mass is 35.5. The monoisotopic (exact) mass is 290 g/mol. The van der Waals surface area contributed by atoms with Crippen LogP contribution in [0.3, 0.4) is 0 Å². The quantitative estimate of drug-likeness (QED) is 0.858. The minimum atomic E-state index is -0.0175. The van der Waals surface area contributed by atoms with Gasteiger partial charge < -0.3 is 10.3 Å². The second-order valence-corrected chi connectivity index (χ2v) is 6.19. The van der Waals surface area contributed by atoms with Crippen molar-refractivity contribution in [2.24, 2.45) is 5.92 Å². The van der Waals surface area contributed by atoms with E-state index in [-0.39, 0.29) is 5.91 Å². The van der Waals surface area contributed by atoms with Crippen molar-refractivity contribution in [1.82, 2.24) is 10.3 Å². The average Bonchev–Trinajstić information content (AvgIpc) is 2.84. The van der Waals surface area contributed by atoms with E-state index in [1.165, 1.54) is 19.3 Å². The van der Waals surface area contributed by atoms with Gasteiger partial charge >= 0.3 is 0 Å². The van der Waals surface area contributed by atoms with E-state index >= 15 is 0 Å². The van der Waals surface area contributed by atoms with Gasteiger partial charge in [0.05, 0.1) is 0 Å². The molecule has 0 spiro atoms. The molecule has 0 unspecified atom stereocenters. The summed E-state index contributed by atoms with van der Waals surface area (Å²) in [5.74, 6) is 0.544. The van der Waals surface area contributed by atoms with Crippen molar-refractivity contribution in [1.29, 1.82) is 0 Å². The zero-order valence-electron chi connectivity index (χ0n) is 11.6. The lowest BCUT2D eigenvalue weighted by Gasteiger charge is -2.29. The van der Waals surface area contributed by atoms with E-state index in [0.29, 0.717) is 22.7 Å². The van der Waals surface area contributed by atoms with Gasteiger partial charge in [0.15, 0.2) is 0 Å². The Labute approximate surface area is 123 Å². The normalized spacial score (nSPS) is 22.9. The maximum absolute atomic E-state index is 12.3. The van der Waals surface area contributed by atoms with Crippen LogP contribution in [0.1, 0.15) is 43.1 Å². The van der Waals surface area contributed by atoms with Gasteiger partial charge in [-0.3, -0.25) is 4.79 Å². The Morgan fingerprint density at radius 3 is 2.90 bits per heavy atom. The number of nitrogens with one attached hydrogen (secondary N) is 2. The van der Waals surface area contributed by atoms with E-state index in [2.05, 4.69) is 17.2 Å². The average molecular weight is 291 g/mol. The Bertz CT molecular complexity index is 634. The number of aromatic amines is 1. The predicted molar refractivity (Wildman–Crippen MR) is 82.2 cm³/mol. The third kappa shape index (κ3) is 2.68. The third-order valence-corrected chi connectivity index (χ3v) is 4.49. The van der Waals surface area contributed by atoms with Gasteiger partial charge in [0, 0.05) is 22.0 Å². The molecule has 1 fully saturated rings. The van der Waals surface area contributed by atoms with Crippen LogP contribution in [0.5, 0.6) is 0 Å². The van der Waals surface area contributed by atoms with Gasteiger partial charge in [-0.15, -0.1) is 0 Å². The highest BCUT2D eigenvalue weighted by molar-refractivity contribution is 6.31. The number of carbonyl (C=O) groups is 1. The van der Waals surface area contributed by atoms with E-state index in [4.69, 9.17) is 11.6 Å². The summed E-state index contributed by atoms with van der Waals surface area (Å²) in [7, 11) is 0. The van der Waals surface area contributed by atoms with E-state index in [0.717, 1.165) is 17.3 Å². The Kier molecular flexibility index (Phi) is 3.70. The Hall–Kier alpha value is -1.48. The lowest BCUT2D eigenvalue weighted by atomic mass is 9.86. The molecule has 0 saturated heterocycles. The summed E-state index contributed by atoms with van der Waals surface area (Å²) in [6.45, 7) is 2.22. The number of hydrogen-bond donors (Lipinski definition) is 2. The number of fused-ring (bicyclic) bond motifs is 1. The Morgan fingerprint density at radius 2 is 2.10 bits per heavy atom. The molecular weight excluding hydrogens is 272 g/mol. The predicted octanol–water partition coefficient (Wildman–Crippen LogP) is 4.13. The largest absolute Gasteiger partial charge is 0.350 e. The summed E-state index contributed by atoms with van der Waals surface area (Å²) in [6, 6.07) is 7.79. The molecule has 3 rings (SSSR count). The van der Waals surface area contributed by atoms with Crippen molar-refractivity contribution >= 4 is 28.4 Å². The molecule has 1 aromatic carbocycles. The number of carbonyl (C=O) groups excluding carboxylic acids is 1. The van der Waals surface area contributed by atoms with Crippen molar-refractivity contribution in [2.45, 2.75) is 38.6 Å². The van der Waals surface area contributed by atoms with Crippen molar-refractivity contribution < 1.29 is 4.79 Å². The van der Waals surface area contributed by atoms with Gasteiger partial charge in [-0.05, 0) is 37.0 Å². The molecule has 0 aliphatic heterocycles. The summed E-state index contributed by atoms with van der Waals surface area (Å²) in [6.07, 6.45) is 4.77. The number of H-pyrrole nitrogens is 1. The molecule has 2 N–H and O–H groups in total. The maximum Gasteiger partial charge on any atom is 0.267 e. The molecule has 0 bridgehead atoms. The summed E-state index contributed by atoms with van der Waals surface area (Å²) >= 11 is 5.96. The summed E-state index contributed by atoms with van der Waals surface area (Å²) in [5.41, 5.74) is 1.51. The minimum absolute atomic E-state index is 0.0175. The van der Waals surface area contributed by atoms with Crippen molar-refractivity contribution in [2.75, 3.05) is 0 Å². The standard InChI is InChI=1S/C16H19ClN2O/c1-10-4-2-3-5-13(10)19-16(20)15-8-11-6-7-12(17)9-14(11)18-15/h6-10,13,18H,2-5H2,1H3,(H,19,20)/t10-,13+/m0/s1. The topological polar surface area (TPSA) is 44.9 Å². The molecule has 1 aromatic heterocycles. The Balaban J connectivity index is 1.78. The summed E-state index contributed by atoms with van der Waals surface area (Å²) < 4.78 is 0. The molecule has 2 atom stereocenters. The number of hydrogen-bond acceptors (Lipinski definition) is 1. The first-order chi connectivity index (χ1) is 9.63. The van der Waals surface area contributed by atoms with E-state index in [1.54, 1.807) is 0 Å². The van der Waals surface area contributed by atoms with Gasteiger partial charge in [0.25, 0.3) is 5.91 Å². The van der Waals surface area contributed by atoms with Crippen molar-refractivity contribution in [3.63, 3.8) is 0 Å². The molecule has 1 aliphatic carbocycles. The summed E-state index contributed by atoms with van der Waals surface area (Å²) in [4.78, 5) is 15.5. The van der Waals surface area contributed by atoms with Gasteiger partial charge in [-0.2, -0.15) is 0 Å². The minimum Gasteiger partial charge on any atom is -0.350 e. The van der Waals surface area contributed by atoms with E-state index < -0.39 is 0 Å². The van der Waals surface area contributed by atoms with Crippen LogP contribution in [0, 0.1) is 5.92 Å². The summed E-state index contributed by atoms with van der Waals surface area (Å²) in [5, 5.41) is 4.84. The van der Waals surface area contributed by atoms with Crippen molar-refractivity contribution in [3.05, 3.63) is 35.0 Å². The fourth-order valence-electron chi connectivity index (χ4n) is 3.00. The van der Waals surface area contributed by atoms with Crippen LogP contribution in [0.15, 0.2) is 24.3 Å². The van der Waals surface area contributed by atoms with Gasteiger partial charge in [-0.25, -0.2) is 0 Å². The molecule has 1 amide bonds. The highest BCUT2D eigenvalue weighted by Crippen LogP contribution is 2.24. The Morgan fingerprint density at radius 1 is 1.30 bits per heavy atom. The lowest BCUT2D eigenvalue weighted by molar-refractivity contribution is 0.0906. The van der Waals surface area contributed by atoms with Crippen LogP contribution >= 0.6 is 11.6 Å². The first kappa shape index (κ1) is 13.5.